The molecule has 2 aromatic carbocycles. The van der Waals surface area contributed by atoms with E-state index in [0.717, 1.165) is 0 Å². The van der Waals surface area contributed by atoms with Crippen LogP contribution in [0.1, 0.15) is 31.9 Å². The lowest BCUT2D eigenvalue weighted by Crippen LogP contribution is -1.99. The molecule has 2 aromatic rings. The summed E-state index contributed by atoms with van der Waals surface area (Å²) in [6.45, 7) is 2.89. The summed E-state index contributed by atoms with van der Waals surface area (Å²) < 4.78 is 39.0. The molecule has 2 rings (SSSR count). The van der Waals surface area contributed by atoms with Gasteiger partial charge >= 0.3 is 7.60 Å². The fraction of sp³-hybridized carbons (Fsp3) is 0.400. The van der Waals surface area contributed by atoms with Gasteiger partial charge in [-0.25, -0.2) is 0 Å². The zero-order chi connectivity index (χ0) is 25.8. The van der Waals surface area contributed by atoms with Crippen molar-refractivity contribution in [3.63, 3.8) is 0 Å². The summed E-state index contributed by atoms with van der Waals surface area (Å²) in [5.41, 5.74) is 1.33. The molecular formula is C20H27ClN2O9P2. The molecule has 1 unspecified atom stereocenters. The van der Waals surface area contributed by atoms with Crippen LogP contribution in [0, 0.1) is 20.2 Å². The van der Waals surface area contributed by atoms with Gasteiger partial charge in [0.1, 0.15) is 0 Å². The highest BCUT2D eigenvalue weighted by molar-refractivity contribution is 7.84. The number of benzene rings is 2. The first-order valence-corrected chi connectivity index (χ1v) is 14.7. The van der Waals surface area contributed by atoms with E-state index in [4.69, 9.17) is 24.8 Å². The second-order valence-corrected chi connectivity index (χ2v) is 12.0. The maximum atomic E-state index is 12.2. The number of halogens is 1. The molecule has 34 heavy (non-hydrogen) atoms. The average Bonchev–Trinajstić information content (AvgIpc) is 2.75. The summed E-state index contributed by atoms with van der Waals surface area (Å²) in [4.78, 5) is 19.9. The molecule has 0 bridgehead atoms. The molecule has 0 saturated carbocycles. The van der Waals surface area contributed by atoms with Crippen molar-refractivity contribution in [2.75, 3.05) is 19.8 Å². The minimum atomic E-state index is -3.15. The molecule has 0 heterocycles. The van der Waals surface area contributed by atoms with Crippen LogP contribution in [0.3, 0.4) is 0 Å². The van der Waals surface area contributed by atoms with Crippen molar-refractivity contribution in [1.82, 2.24) is 0 Å². The molecule has 14 heteroatoms. The Kier molecular flexibility index (Phi) is 12.6. The summed E-state index contributed by atoms with van der Waals surface area (Å²) >= 11 is 5.67. The van der Waals surface area contributed by atoms with Crippen LogP contribution < -0.4 is 0 Å². The molecule has 0 amide bonds. The van der Waals surface area contributed by atoms with Crippen molar-refractivity contribution in [3.05, 3.63) is 79.9 Å². The number of nitro benzene ring substituents is 2. The first kappa shape index (κ1) is 29.9. The summed E-state index contributed by atoms with van der Waals surface area (Å²) in [6, 6.07) is 11.6. The summed E-state index contributed by atoms with van der Waals surface area (Å²) in [5, 5.41) is 20.9. The van der Waals surface area contributed by atoms with Crippen LogP contribution in [0.15, 0.2) is 48.5 Å². The Hall–Kier alpha value is -2.13. The highest BCUT2D eigenvalue weighted by atomic mass is 35.7. The van der Waals surface area contributed by atoms with Crippen LogP contribution in [0.25, 0.3) is 0 Å². The zero-order valence-electron chi connectivity index (χ0n) is 19.0. The minimum absolute atomic E-state index is 0.00130. The van der Waals surface area contributed by atoms with E-state index in [0.29, 0.717) is 24.3 Å². The molecule has 0 aliphatic heterocycles. The molecule has 11 nitrogen and oxygen atoms in total. The van der Waals surface area contributed by atoms with Crippen LogP contribution >= 0.6 is 25.6 Å². The molecule has 0 saturated heterocycles. The van der Waals surface area contributed by atoms with Gasteiger partial charge < -0.3 is 13.6 Å². The molecule has 0 fully saturated rings. The first-order chi connectivity index (χ1) is 15.9. The van der Waals surface area contributed by atoms with E-state index in [1.54, 1.807) is 32.9 Å². The Labute approximate surface area is 202 Å². The van der Waals surface area contributed by atoms with Gasteiger partial charge in [-0.3, -0.25) is 29.4 Å². The lowest BCUT2D eigenvalue weighted by atomic mass is 10.2. The quantitative estimate of drug-likeness (QED) is 0.160. The van der Waals surface area contributed by atoms with Gasteiger partial charge in [-0.05, 0) is 43.1 Å². The lowest BCUT2D eigenvalue weighted by Gasteiger charge is -2.16. The van der Waals surface area contributed by atoms with Gasteiger partial charge in [0.2, 0.25) is 0 Å². The van der Waals surface area contributed by atoms with Crippen LogP contribution in [-0.4, -0.2) is 29.7 Å². The van der Waals surface area contributed by atoms with Gasteiger partial charge in [-0.2, -0.15) is 0 Å². The van der Waals surface area contributed by atoms with Gasteiger partial charge in [0.15, 0.2) is 0 Å². The predicted octanol–water partition coefficient (Wildman–Crippen LogP) is 6.92. The third-order valence-electron chi connectivity index (χ3n) is 4.02. The SMILES string of the molecule is CCOP(=O)(Cc1ccc([N+](=O)[O-])cc1)OCC.CCOP(=O)(Cl)Cc1ccc([N+](=O)[O-])cc1. The number of nitro groups is 2. The van der Waals surface area contributed by atoms with E-state index in [1.807, 2.05) is 0 Å². The number of hydrogen-bond acceptors (Lipinski definition) is 9. The lowest BCUT2D eigenvalue weighted by molar-refractivity contribution is -0.385. The Morgan fingerprint density at radius 3 is 1.38 bits per heavy atom. The maximum absolute atomic E-state index is 12.2. The van der Waals surface area contributed by atoms with E-state index in [1.165, 1.54) is 36.4 Å². The Morgan fingerprint density at radius 2 is 1.06 bits per heavy atom. The molecule has 1 atom stereocenters. The van der Waals surface area contributed by atoms with Crippen molar-refractivity contribution in [2.24, 2.45) is 0 Å². The molecule has 0 spiro atoms. The Morgan fingerprint density at radius 1 is 0.706 bits per heavy atom. The maximum Gasteiger partial charge on any atom is 0.335 e. The molecule has 188 valence electrons. The highest BCUT2D eigenvalue weighted by Crippen LogP contribution is 2.55. The summed E-state index contributed by atoms with van der Waals surface area (Å²) in [6.07, 6.45) is 0.188. The summed E-state index contributed by atoms with van der Waals surface area (Å²) in [7, 11) is -3.15. The van der Waals surface area contributed by atoms with Crippen LogP contribution in [0.4, 0.5) is 11.4 Å². The van der Waals surface area contributed by atoms with E-state index in [9.17, 15) is 29.4 Å². The summed E-state index contributed by atoms with van der Waals surface area (Å²) in [5.74, 6) is 0. The number of non-ortho nitro benzene ring substituents is 2. The predicted molar refractivity (Wildman–Crippen MR) is 130 cm³/mol. The molecule has 0 N–H and O–H groups in total. The van der Waals surface area contributed by atoms with E-state index in [-0.39, 0.29) is 30.3 Å². The van der Waals surface area contributed by atoms with Gasteiger partial charge in [0, 0.05) is 24.3 Å². The van der Waals surface area contributed by atoms with E-state index in [2.05, 4.69) is 0 Å². The number of rotatable bonds is 12. The van der Waals surface area contributed by atoms with Gasteiger partial charge in [-0.15, -0.1) is 0 Å². The number of nitrogens with zero attached hydrogens (tertiary/aromatic N) is 2. The van der Waals surface area contributed by atoms with Gasteiger partial charge in [0.05, 0.1) is 42.0 Å². The highest BCUT2D eigenvalue weighted by Gasteiger charge is 2.24. The van der Waals surface area contributed by atoms with Crippen molar-refractivity contribution < 1.29 is 32.5 Å². The largest absolute Gasteiger partial charge is 0.335 e. The monoisotopic (exact) mass is 536 g/mol. The zero-order valence-corrected chi connectivity index (χ0v) is 21.5. The van der Waals surface area contributed by atoms with Crippen molar-refractivity contribution in [3.8, 4) is 0 Å². The molecule has 0 radical (unpaired) electrons. The molecule has 0 aliphatic carbocycles. The number of hydrogen-bond donors (Lipinski definition) is 0. The molecule has 0 aliphatic rings. The van der Waals surface area contributed by atoms with Gasteiger partial charge in [-0.1, -0.05) is 24.3 Å². The minimum Gasteiger partial charge on any atom is -0.318 e. The third-order valence-corrected chi connectivity index (χ3v) is 8.11. The van der Waals surface area contributed by atoms with Crippen LogP contribution in [0.2, 0.25) is 0 Å². The van der Waals surface area contributed by atoms with Crippen molar-refractivity contribution in [1.29, 1.82) is 0 Å². The molecular weight excluding hydrogens is 510 g/mol. The third kappa shape index (κ3) is 10.9. The average molecular weight is 537 g/mol. The van der Waals surface area contributed by atoms with Crippen LogP contribution in [0.5, 0.6) is 0 Å². The normalized spacial score (nSPS) is 12.8. The topological polar surface area (TPSA) is 148 Å². The standard InChI is InChI=1S/C11H16NO5P.C9H11ClNO4P/c1-3-16-18(15,17-4-2)9-10-5-7-11(8-6-10)12(13)14;1-2-15-16(10,14)7-8-3-5-9(6-4-8)11(12)13/h5-8H,3-4,9H2,1-2H3;3-6H,2,7H2,1H3. The van der Waals surface area contributed by atoms with Gasteiger partial charge in [0.25, 0.3) is 18.1 Å². The van der Waals surface area contributed by atoms with Crippen LogP contribution in [-0.2, 0) is 35.0 Å². The Bertz CT molecular complexity index is 1020. The Balaban J connectivity index is 0.000000342. The first-order valence-electron chi connectivity index (χ1n) is 10.2. The van der Waals surface area contributed by atoms with E-state index >= 15 is 0 Å². The van der Waals surface area contributed by atoms with Crippen molar-refractivity contribution >= 4 is 36.9 Å². The van der Waals surface area contributed by atoms with E-state index < -0.39 is 24.2 Å². The molecule has 0 aromatic heterocycles. The van der Waals surface area contributed by atoms with Crippen molar-refractivity contribution in [2.45, 2.75) is 33.1 Å². The fourth-order valence-corrected chi connectivity index (χ4v) is 6.18. The second-order valence-electron chi connectivity index (χ2n) is 6.62. The second kappa shape index (κ2) is 14.3. The smallest absolute Gasteiger partial charge is 0.318 e. The fourth-order valence-electron chi connectivity index (χ4n) is 2.65.